The Balaban J connectivity index is 0.000000216. The molecule has 42 heavy (non-hydrogen) atoms. The van der Waals surface area contributed by atoms with Crippen LogP contribution in [0.2, 0.25) is 19.6 Å². The first-order chi connectivity index (χ1) is 19.6. The Morgan fingerprint density at radius 3 is 1.90 bits per heavy atom. The molecule has 3 heterocycles. The van der Waals surface area contributed by atoms with Crippen LogP contribution in [0.5, 0.6) is 0 Å². The molecule has 0 N–H and O–H groups in total. The Morgan fingerprint density at radius 2 is 1.36 bits per heavy atom. The number of pyridine rings is 2. The fraction of sp³-hybridized carbons (Fsp3) is 0.243. The molecule has 217 valence electrons. The third-order valence-electron chi connectivity index (χ3n) is 7.45. The van der Waals surface area contributed by atoms with Gasteiger partial charge in [0.1, 0.15) is 0 Å². The fourth-order valence-electron chi connectivity index (χ4n) is 4.75. The van der Waals surface area contributed by atoms with Gasteiger partial charge in [-0.3, -0.25) is 0 Å². The summed E-state index contributed by atoms with van der Waals surface area (Å²) in [5.41, 5.74) is 6.71. The van der Waals surface area contributed by atoms with E-state index in [2.05, 4.69) is 113 Å². The summed E-state index contributed by atoms with van der Waals surface area (Å²) in [7, 11) is -1.31. The molecule has 6 aromatic rings. The predicted octanol–water partition coefficient (Wildman–Crippen LogP) is 10.3. The van der Waals surface area contributed by atoms with Gasteiger partial charge in [-0.15, -0.1) is 59.7 Å². The molecule has 0 aliphatic heterocycles. The summed E-state index contributed by atoms with van der Waals surface area (Å²) < 4.78 is 2.67. The van der Waals surface area contributed by atoms with E-state index < -0.39 is 8.07 Å². The number of benzene rings is 3. The average molecular weight is 763 g/mol. The van der Waals surface area contributed by atoms with Gasteiger partial charge in [0.2, 0.25) is 0 Å². The first-order valence-corrected chi connectivity index (χ1v) is 18.7. The SMILES string of the molecule is CC(C)c1ccc(-c2[c-]ccc3c2sc2cc([Si](C)(C)C)ccc23)nc1.CC(C)c1ccc(-c2[c-]cccc2)nc1.[Ir]. The number of hydrogen-bond acceptors (Lipinski definition) is 3. The normalized spacial score (nSPS) is 11.5. The van der Waals surface area contributed by atoms with Gasteiger partial charge in [0.25, 0.3) is 0 Å². The summed E-state index contributed by atoms with van der Waals surface area (Å²) in [4.78, 5) is 9.17. The summed E-state index contributed by atoms with van der Waals surface area (Å²) in [5.74, 6) is 1.03. The van der Waals surface area contributed by atoms with Gasteiger partial charge in [-0.2, -0.15) is 11.3 Å². The standard InChI is InChI=1S/C23H24NSSi.C14H14N.Ir/c1-15(2)16-9-12-21(24-14-16)20-8-6-7-19-18-11-10-17(26(3,4)5)13-22(18)25-23(19)20;1-11(2)13-8-9-14(15-10-13)12-6-4-3-5-7-12;/h6-7,9-15H,1-5H3;3-6,8-11H,1-2H3;/q2*-1;. The zero-order valence-electron chi connectivity index (χ0n) is 25.5. The topological polar surface area (TPSA) is 25.8 Å². The molecule has 0 spiro atoms. The van der Waals surface area contributed by atoms with Crippen molar-refractivity contribution in [1.29, 1.82) is 0 Å². The molecule has 0 aliphatic rings. The number of nitrogens with zero attached hydrogens (tertiary/aromatic N) is 2. The Bertz CT molecular complexity index is 1750. The van der Waals surface area contributed by atoms with Gasteiger partial charge < -0.3 is 9.97 Å². The van der Waals surface area contributed by atoms with Crippen molar-refractivity contribution in [3.8, 4) is 22.5 Å². The molecule has 3 aromatic heterocycles. The summed E-state index contributed by atoms with van der Waals surface area (Å²) in [6, 6.07) is 34.3. The second kappa shape index (κ2) is 13.6. The zero-order chi connectivity index (χ0) is 29.1. The van der Waals surface area contributed by atoms with Gasteiger partial charge in [-0.1, -0.05) is 94.3 Å². The predicted molar refractivity (Wildman–Crippen MR) is 181 cm³/mol. The van der Waals surface area contributed by atoms with Gasteiger partial charge in [0, 0.05) is 37.2 Å². The Labute approximate surface area is 269 Å². The van der Waals surface area contributed by atoms with Crippen molar-refractivity contribution < 1.29 is 20.1 Å². The molecular formula is C37H38IrN2SSi-2. The van der Waals surface area contributed by atoms with Crippen molar-refractivity contribution in [2.45, 2.75) is 59.2 Å². The molecule has 0 atom stereocenters. The molecule has 0 fully saturated rings. The number of rotatable bonds is 5. The van der Waals surface area contributed by atoms with E-state index in [0.29, 0.717) is 11.8 Å². The number of aromatic nitrogens is 2. The van der Waals surface area contributed by atoms with Gasteiger partial charge in [-0.25, -0.2) is 0 Å². The van der Waals surface area contributed by atoms with E-state index in [1.54, 1.807) is 0 Å². The Kier molecular flexibility index (Phi) is 10.3. The van der Waals surface area contributed by atoms with E-state index in [-0.39, 0.29) is 20.1 Å². The summed E-state index contributed by atoms with van der Waals surface area (Å²) in [6.45, 7) is 16.0. The Morgan fingerprint density at radius 1 is 0.690 bits per heavy atom. The van der Waals surface area contributed by atoms with Crippen molar-refractivity contribution >= 4 is 44.8 Å². The second-order valence-electron chi connectivity index (χ2n) is 12.2. The van der Waals surface area contributed by atoms with E-state index in [1.165, 1.54) is 36.5 Å². The quantitative estimate of drug-likeness (QED) is 0.129. The van der Waals surface area contributed by atoms with Crippen LogP contribution in [0, 0.1) is 12.1 Å². The summed E-state index contributed by atoms with van der Waals surface area (Å²) >= 11 is 1.87. The van der Waals surface area contributed by atoms with Crippen molar-refractivity contribution in [3.63, 3.8) is 0 Å². The molecule has 0 amide bonds. The molecule has 1 radical (unpaired) electrons. The largest absolute Gasteiger partial charge is 0.304 e. The van der Waals surface area contributed by atoms with Gasteiger partial charge in [0.05, 0.1) is 8.07 Å². The van der Waals surface area contributed by atoms with Crippen LogP contribution < -0.4 is 5.19 Å². The minimum atomic E-state index is -1.31. The number of fused-ring (bicyclic) bond motifs is 3. The smallest absolute Gasteiger partial charge is 0.0776 e. The molecule has 0 bridgehead atoms. The van der Waals surface area contributed by atoms with Crippen LogP contribution in [0.1, 0.15) is 50.7 Å². The van der Waals surface area contributed by atoms with Crippen molar-refractivity contribution in [3.05, 3.63) is 115 Å². The molecule has 6 rings (SSSR count). The van der Waals surface area contributed by atoms with E-state index in [9.17, 15) is 0 Å². The molecule has 3 aromatic carbocycles. The molecule has 0 aliphatic carbocycles. The molecule has 2 nitrogen and oxygen atoms in total. The molecule has 0 saturated carbocycles. The minimum Gasteiger partial charge on any atom is -0.304 e. The number of hydrogen-bond donors (Lipinski definition) is 0. The van der Waals surface area contributed by atoms with Crippen molar-refractivity contribution in [2.24, 2.45) is 0 Å². The summed E-state index contributed by atoms with van der Waals surface area (Å²) in [5, 5.41) is 4.18. The average Bonchev–Trinajstić information content (AvgIpc) is 3.36. The van der Waals surface area contributed by atoms with Crippen LogP contribution in [-0.2, 0) is 20.1 Å². The maximum absolute atomic E-state index is 4.73. The van der Waals surface area contributed by atoms with E-state index in [0.717, 1.165) is 22.5 Å². The van der Waals surface area contributed by atoms with Gasteiger partial charge in [-0.05, 0) is 50.5 Å². The molecule has 5 heteroatoms. The van der Waals surface area contributed by atoms with Crippen LogP contribution in [0.15, 0.2) is 91.3 Å². The summed E-state index contributed by atoms with van der Waals surface area (Å²) in [6.07, 6.45) is 3.95. The van der Waals surface area contributed by atoms with E-state index >= 15 is 0 Å². The fourth-order valence-corrected chi connectivity index (χ4v) is 7.26. The third-order valence-corrected chi connectivity index (χ3v) is 10.7. The van der Waals surface area contributed by atoms with Crippen LogP contribution >= 0.6 is 11.3 Å². The molecule has 0 unspecified atom stereocenters. The zero-order valence-corrected chi connectivity index (χ0v) is 29.7. The van der Waals surface area contributed by atoms with Crippen LogP contribution in [-0.4, -0.2) is 18.0 Å². The first-order valence-electron chi connectivity index (χ1n) is 14.4. The maximum atomic E-state index is 4.73. The van der Waals surface area contributed by atoms with Crippen LogP contribution in [0.4, 0.5) is 0 Å². The maximum Gasteiger partial charge on any atom is 0.0776 e. The first kappa shape index (κ1) is 32.0. The van der Waals surface area contributed by atoms with E-state index in [1.807, 2.05) is 54.1 Å². The van der Waals surface area contributed by atoms with Gasteiger partial charge >= 0.3 is 0 Å². The second-order valence-corrected chi connectivity index (χ2v) is 18.3. The van der Waals surface area contributed by atoms with Crippen LogP contribution in [0.25, 0.3) is 42.7 Å². The van der Waals surface area contributed by atoms with Crippen molar-refractivity contribution in [1.82, 2.24) is 9.97 Å². The minimum absolute atomic E-state index is 0. The monoisotopic (exact) mass is 763 g/mol. The molecular weight excluding hydrogens is 725 g/mol. The Hall–Kier alpha value is -2.95. The van der Waals surface area contributed by atoms with E-state index in [4.69, 9.17) is 4.98 Å². The third kappa shape index (κ3) is 7.15. The van der Waals surface area contributed by atoms with Crippen LogP contribution in [0.3, 0.4) is 0 Å². The molecule has 0 saturated heterocycles. The number of thiophene rings is 1. The van der Waals surface area contributed by atoms with Gasteiger partial charge in [0.15, 0.2) is 0 Å². The van der Waals surface area contributed by atoms with Crippen molar-refractivity contribution in [2.75, 3.05) is 0 Å².